The van der Waals surface area contributed by atoms with E-state index in [1.807, 2.05) is 72.8 Å². The van der Waals surface area contributed by atoms with Gasteiger partial charge in [-0.05, 0) is 40.1 Å². The number of carbonyl (C=O) groups is 1. The standard InChI is InChI=1S/C21H15NO2S/c23-20(24)13-16(21-22-18-10-3-4-11-19(18)25-21)12-15-8-5-7-14-6-1-2-9-17(14)15/h1-12H,13H2,(H,23,24)/p-1/b16-12+. The highest BCUT2D eigenvalue weighted by molar-refractivity contribution is 7.19. The van der Waals surface area contributed by atoms with Gasteiger partial charge in [-0.25, -0.2) is 4.98 Å². The molecule has 0 aliphatic heterocycles. The number of fused-ring (bicyclic) bond motifs is 2. The second-order valence-electron chi connectivity index (χ2n) is 5.77. The molecule has 0 atom stereocenters. The molecule has 4 heteroatoms. The maximum atomic E-state index is 11.3. The van der Waals surface area contributed by atoms with Gasteiger partial charge in [-0.3, -0.25) is 0 Å². The zero-order valence-corrected chi connectivity index (χ0v) is 14.1. The van der Waals surface area contributed by atoms with Crippen LogP contribution in [-0.2, 0) is 4.79 Å². The summed E-state index contributed by atoms with van der Waals surface area (Å²) in [5.74, 6) is -1.11. The van der Waals surface area contributed by atoms with E-state index in [2.05, 4.69) is 4.98 Å². The molecule has 0 radical (unpaired) electrons. The Bertz CT molecular complexity index is 1070. The molecule has 25 heavy (non-hydrogen) atoms. The second-order valence-corrected chi connectivity index (χ2v) is 6.80. The summed E-state index contributed by atoms with van der Waals surface area (Å²) in [7, 11) is 0. The van der Waals surface area contributed by atoms with Gasteiger partial charge in [0, 0.05) is 12.4 Å². The van der Waals surface area contributed by atoms with E-state index >= 15 is 0 Å². The number of carboxylic acids is 1. The molecule has 0 N–H and O–H groups in total. The SMILES string of the molecule is O=C([O-])C/C(=C\c1cccc2ccccc12)c1nc2ccccc2s1. The van der Waals surface area contributed by atoms with Crippen LogP contribution in [0.4, 0.5) is 0 Å². The Morgan fingerprint density at radius 1 is 1.00 bits per heavy atom. The van der Waals surface area contributed by atoms with E-state index in [0.717, 1.165) is 31.6 Å². The summed E-state index contributed by atoms with van der Waals surface area (Å²) < 4.78 is 1.04. The Hall–Kier alpha value is -2.98. The van der Waals surface area contributed by atoms with Crippen molar-refractivity contribution < 1.29 is 9.90 Å². The zero-order chi connectivity index (χ0) is 17.2. The first-order valence-corrected chi connectivity index (χ1v) is 8.76. The molecule has 0 spiro atoms. The summed E-state index contributed by atoms with van der Waals surface area (Å²) in [5.41, 5.74) is 2.52. The highest BCUT2D eigenvalue weighted by Crippen LogP contribution is 2.31. The molecule has 0 amide bonds. The summed E-state index contributed by atoms with van der Waals surface area (Å²) in [4.78, 5) is 15.9. The van der Waals surface area contributed by atoms with Gasteiger partial charge in [0.2, 0.25) is 0 Å². The highest BCUT2D eigenvalue weighted by atomic mass is 32.1. The number of aliphatic carboxylic acids is 1. The normalized spacial score (nSPS) is 11.9. The van der Waals surface area contributed by atoms with E-state index in [9.17, 15) is 9.90 Å². The number of rotatable bonds is 4. The molecule has 122 valence electrons. The average molecular weight is 344 g/mol. The van der Waals surface area contributed by atoms with Gasteiger partial charge >= 0.3 is 0 Å². The van der Waals surface area contributed by atoms with E-state index in [-0.39, 0.29) is 6.42 Å². The van der Waals surface area contributed by atoms with E-state index in [4.69, 9.17) is 0 Å². The second kappa shape index (κ2) is 6.49. The molecule has 0 aliphatic rings. The van der Waals surface area contributed by atoms with Gasteiger partial charge in [-0.15, -0.1) is 11.3 Å². The first-order valence-electron chi connectivity index (χ1n) is 7.95. The topological polar surface area (TPSA) is 53.0 Å². The number of para-hydroxylation sites is 1. The first-order chi connectivity index (χ1) is 12.2. The van der Waals surface area contributed by atoms with Crippen LogP contribution in [0.15, 0.2) is 66.7 Å². The van der Waals surface area contributed by atoms with Crippen LogP contribution in [0.3, 0.4) is 0 Å². The minimum atomic E-state index is -1.11. The van der Waals surface area contributed by atoms with Crippen molar-refractivity contribution in [2.45, 2.75) is 6.42 Å². The van der Waals surface area contributed by atoms with Gasteiger partial charge in [0.05, 0.1) is 10.2 Å². The molecular weight excluding hydrogens is 330 g/mol. The lowest BCUT2D eigenvalue weighted by molar-refractivity contribution is -0.304. The van der Waals surface area contributed by atoms with E-state index in [0.29, 0.717) is 5.57 Å². The molecular formula is C21H14NO2S-. The number of hydrogen-bond acceptors (Lipinski definition) is 4. The predicted octanol–water partition coefficient (Wildman–Crippen LogP) is 4.13. The number of carboxylic acid groups (broad SMARTS) is 1. The van der Waals surface area contributed by atoms with Crippen LogP contribution in [-0.4, -0.2) is 11.0 Å². The Balaban J connectivity index is 1.88. The molecule has 0 bridgehead atoms. The fraction of sp³-hybridized carbons (Fsp3) is 0.0476. The fourth-order valence-electron chi connectivity index (χ4n) is 2.92. The molecule has 0 aliphatic carbocycles. The monoisotopic (exact) mass is 344 g/mol. The molecule has 0 saturated carbocycles. The lowest BCUT2D eigenvalue weighted by Crippen LogP contribution is -2.22. The van der Waals surface area contributed by atoms with Gasteiger partial charge in [0.25, 0.3) is 0 Å². The largest absolute Gasteiger partial charge is 0.550 e. The van der Waals surface area contributed by atoms with Crippen molar-refractivity contribution in [3.05, 3.63) is 77.3 Å². The van der Waals surface area contributed by atoms with Crippen molar-refractivity contribution in [1.82, 2.24) is 4.98 Å². The van der Waals surface area contributed by atoms with Crippen molar-refractivity contribution >= 4 is 49.9 Å². The minimum absolute atomic E-state index is 0.164. The minimum Gasteiger partial charge on any atom is -0.550 e. The Kier molecular flexibility index (Phi) is 4.04. The fourth-order valence-corrected chi connectivity index (χ4v) is 3.90. The van der Waals surface area contributed by atoms with Crippen molar-refractivity contribution in [3.8, 4) is 0 Å². The molecule has 1 aromatic heterocycles. The zero-order valence-electron chi connectivity index (χ0n) is 13.3. The summed E-state index contributed by atoms with van der Waals surface area (Å²) in [6, 6.07) is 21.9. The number of nitrogens with zero attached hydrogens (tertiary/aromatic N) is 1. The van der Waals surface area contributed by atoms with Crippen LogP contribution in [0.25, 0.3) is 32.6 Å². The number of carbonyl (C=O) groups excluding carboxylic acids is 1. The van der Waals surface area contributed by atoms with Crippen LogP contribution in [0.2, 0.25) is 0 Å². The molecule has 4 aromatic rings. The third-order valence-electron chi connectivity index (χ3n) is 4.06. The Labute approximate surface area is 148 Å². The van der Waals surface area contributed by atoms with E-state index < -0.39 is 5.97 Å². The van der Waals surface area contributed by atoms with Gasteiger partial charge < -0.3 is 9.90 Å². The van der Waals surface area contributed by atoms with Crippen LogP contribution in [0, 0.1) is 0 Å². The van der Waals surface area contributed by atoms with E-state index in [1.54, 1.807) is 0 Å². The molecule has 4 rings (SSSR count). The van der Waals surface area contributed by atoms with Gasteiger partial charge in [0.15, 0.2) is 0 Å². The number of benzene rings is 3. The van der Waals surface area contributed by atoms with Crippen LogP contribution >= 0.6 is 11.3 Å². The Morgan fingerprint density at radius 3 is 2.60 bits per heavy atom. The molecule has 3 nitrogen and oxygen atoms in total. The smallest absolute Gasteiger partial charge is 0.120 e. The number of aromatic nitrogens is 1. The van der Waals surface area contributed by atoms with Crippen LogP contribution in [0.1, 0.15) is 17.0 Å². The summed E-state index contributed by atoms with van der Waals surface area (Å²) >= 11 is 1.50. The number of hydrogen-bond donors (Lipinski definition) is 0. The van der Waals surface area contributed by atoms with Crippen molar-refractivity contribution in [2.75, 3.05) is 0 Å². The third-order valence-corrected chi connectivity index (χ3v) is 5.17. The third kappa shape index (κ3) is 3.16. The predicted molar refractivity (Wildman–Crippen MR) is 101 cm³/mol. The molecule has 0 fully saturated rings. The lowest BCUT2D eigenvalue weighted by Gasteiger charge is -2.08. The maximum absolute atomic E-state index is 11.3. The molecule has 3 aromatic carbocycles. The summed E-state index contributed by atoms with van der Waals surface area (Å²) in [6.45, 7) is 0. The van der Waals surface area contributed by atoms with Gasteiger partial charge in [-0.2, -0.15) is 0 Å². The van der Waals surface area contributed by atoms with Crippen LogP contribution in [0.5, 0.6) is 0 Å². The summed E-state index contributed by atoms with van der Waals surface area (Å²) in [5, 5.41) is 14.2. The van der Waals surface area contributed by atoms with E-state index in [1.165, 1.54) is 11.3 Å². The lowest BCUT2D eigenvalue weighted by atomic mass is 10.0. The average Bonchev–Trinajstić information content (AvgIpc) is 3.05. The van der Waals surface area contributed by atoms with Crippen molar-refractivity contribution in [3.63, 3.8) is 0 Å². The van der Waals surface area contributed by atoms with Crippen molar-refractivity contribution in [2.24, 2.45) is 0 Å². The van der Waals surface area contributed by atoms with Gasteiger partial charge in [-0.1, -0.05) is 54.6 Å². The first kappa shape index (κ1) is 15.5. The molecule has 0 unspecified atom stereocenters. The maximum Gasteiger partial charge on any atom is 0.120 e. The Morgan fingerprint density at radius 2 is 1.76 bits per heavy atom. The number of thiazole rings is 1. The molecule has 1 heterocycles. The quantitative estimate of drug-likeness (QED) is 0.559. The summed E-state index contributed by atoms with van der Waals surface area (Å²) in [6.07, 6.45) is 1.75. The highest BCUT2D eigenvalue weighted by Gasteiger charge is 2.10. The molecule has 0 saturated heterocycles. The van der Waals surface area contributed by atoms with Crippen LogP contribution < -0.4 is 5.11 Å². The van der Waals surface area contributed by atoms with Gasteiger partial charge in [0.1, 0.15) is 5.01 Å². The van der Waals surface area contributed by atoms with Crippen molar-refractivity contribution in [1.29, 1.82) is 0 Å².